The molecule has 0 aliphatic heterocycles. The van der Waals surface area contributed by atoms with E-state index in [2.05, 4.69) is 0 Å². The molecule has 0 aromatic heterocycles. The Balaban J connectivity index is 2.60. The molecule has 0 radical (unpaired) electrons. The molecule has 1 N–H and O–H groups in total. The number of carbonyl (C=O) groups is 1. The van der Waals surface area contributed by atoms with Gasteiger partial charge in [0.05, 0.1) is 13.2 Å². The Morgan fingerprint density at radius 2 is 1.89 bits per heavy atom. The third-order valence-corrected chi connectivity index (χ3v) is 2.81. The van der Waals surface area contributed by atoms with Crippen LogP contribution in [-0.4, -0.2) is 23.6 Å². The van der Waals surface area contributed by atoms with E-state index in [9.17, 15) is 9.90 Å². The largest absolute Gasteiger partial charge is 0.393 e. The van der Waals surface area contributed by atoms with E-state index in [0.717, 1.165) is 5.56 Å². The second-order valence-electron chi connectivity index (χ2n) is 5.22. The summed E-state index contributed by atoms with van der Waals surface area (Å²) in [4.78, 5) is 12.0. The van der Waals surface area contributed by atoms with E-state index in [1.165, 1.54) is 0 Å². The molecule has 100 valence electrons. The van der Waals surface area contributed by atoms with E-state index in [4.69, 9.17) is 16.3 Å². The highest BCUT2D eigenvalue weighted by atomic mass is 35.5. The highest BCUT2D eigenvalue weighted by Gasteiger charge is 2.29. The Morgan fingerprint density at radius 3 is 2.33 bits per heavy atom. The van der Waals surface area contributed by atoms with Gasteiger partial charge in [-0.2, -0.15) is 0 Å². The van der Waals surface area contributed by atoms with Crippen molar-refractivity contribution in [2.24, 2.45) is 5.41 Å². The Kier molecular flexibility index (Phi) is 5.32. The lowest BCUT2D eigenvalue weighted by Gasteiger charge is -2.23. The van der Waals surface area contributed by atoms with Crippen LogP contribution < -0.4 is 0 Å². The first-order valence-electron chi connectivity index (χ1n) is 5.86. The Bertz CT molecular complexity index is 392. The molecule has 18 heavy (non-hydrogen) atoms. The molecular formula is C14H19ClO3. The van der Waals surface area contributed by atoms with Crippen molar-refractivity contribution in [3.8, 4) is 0 Å². The lowest BCUT2D eigenvalue weighted by atomic mass is 9.88. The molecule has 0 bridgehead atoms. The van der Waals surface area contributed by atoms with E-state index in [1.807, 2.05) is 32.9 Å². The van der Waals surface area contributed by atoms with Crippen LogP contribution in [0.5, 0.6) is 0 Å². The number of hydrogen-bond acceptors (Lipinski definition) is 3. The van der Waals surface area contributed by atoms with Crippen LogP contribution in [0.3, 0.4) is 0 Å². The molecule has 1 unspecified atom stereocenters. The molecule has 1 aromatic carbocycles. The van der Waals surface area contributed by atoms with Gasteiger partial charge in [0.15, 0.2) is 5.78 Å². The maximum Gasteiger partial charge on any atom is 0.169 e. The molecule has 0 saturated heterocycles. The Morgan fingerprint density at radius 1 is 1.33 bits per heavy atom. The molecule has 0 aliphatic rings. The lowest BCUT2D eigenvalue weighted by Crippen LogP contribution is -2.37. The number of hydrogen-bond donors (Lipinski definition) is 1. The van der Waals surface area contributed by atoms with E-state index >= 15 is 0 Å². The summed E-state index contributed by atoms with van der Waals surface area (Å²) in [6.07, 6.45) is -0.777. The summed E-state index contributed by atoms with van der Waals surface area (Å²) in [5, 5.41) is 9.87. The van der Waals surface area contributed by atoms with Gasteiger partial charge >= 0.3 is 0 Å². The summed E-state index contributed by atoms with van der Waals surface area (Å²) in [6, 6.07) is 7.19. The number of halogens is 1. The zero-order valence-corrected chi connectivity index (χ0v) is 11.7. The molecule has 3 nitrogen and oxygen atoms in total. The van der Waals surface area contributed by atoms with Crippen LogP contribution in [0.25, 0.3) is 0 Å². The molecule has 0 saturated carbocycles. The van der Waals surface area contributed by atoms with Gasteiger partial charge in [-0.15, -0.1) is 0 Å². The third kappa shape index (κ3) is 4.41. The predicted molar refractivity (Wildman–Crippen MR) is 71.6 cm³/mol. The number of aliphatic hydroxyl groups excluding tert-OH is 1. The van der Waals surface area contributed by atoms with Crippen molar-refractivity contribution < 1.29 is 14.6 Å². The molecule has 1 atom stereocenters. The molecule has 1 rings (SSSR count). The Hall–Kier alpha value is -0.900. The zero-order chi connectivity index (χ0) is 13.8. The molecule has 0 heterocycles. The van der Waals surface area contributed by atoms with Gasteiger partial charge in [-0.1, -0.05) is 44.5 Å². The van der Waals surface area contributed by atoms with Gasteiger partial charge in [0.1, 0.15) is 6.10 Å². The normalized spacial score (nSPS) is 13.4. The quantitative estimate of drug-likeness (QED) is 0.895. The van der Waals surface area contributed by atoms with Crippen molar-refractivity contribution in [3.05, 3.63) is 34.9 Å². The summed E-state index contributed by atoms with van der Waals surface area (Å²) in [7, 11) is 0. The monoisotopic (exact) mass is 270 g/mol. The highest BCUT2D eigenvalue weighted by molar-refractivity contribution is 6.30. The summed E-state index contributed by atoms with van der Waals surface area (Å²) < 4.78 is 5.46. The zero-order valence-electron chi connectivity index (χ0n) is 10.9. The fourth-order valence-electron chi connectivity index (χ4n) is 1.47. The van der Waals surface area contributed by atoms with Crippen molar-refractivity contribution in [3.63, 3.8) is 0 Å². The number of ether oxygens (including phenoxy) is 1. The number of carbonyl (C=O) groups excluding carboxylic acids is 1. The number of Topliss-reactive ketones (excluding diaryl/α,β-unsaturated/α-hetero) is 1. The first kappa shape index (κ1) is 15.2. The number of benzene rings is 1. The third-order valence-electron chi connectivity index (χ3n) is 2.56. The van der Waals surface area contributed by atoms with E-state index in [1.54, 1.807) is 12.1 Å². The highest BCUT2D eigenvalue weighted by Crippen LogP contribution is 2.19. The standard InChI is InChI=1S/C14H19ClO3/c1-14(2,3)13(17)12(8-16)18-9-10-4-6-11(15)7-5-10/h4-7,12,16H,8-9H2,1-3H3. The van der Waals surface area contributed by atoms with Crippen LogP contribution in [-0.2, 0) is 16.1 Å². The molecule has 0 aliphatic carbocycles. The van der Waals surface area contributed by atoms with Crippen LogP contribution in [0, 0.1) is 5.41 Å². The minimum atomic E-state index is -0.777. The SMILES string of the molecule is CC(C)(C)C(=O)C(CO)OCc1ccc(Cl)cc1. The summed E-state index contributed by atoms with van der Waals surface area (Å²) >= 11 is 5.78. The summed E-state index contributed by atoms with van der Waals surface area (Å²) in [5.41, 5.74) is 0.396. The first-order chi connectivity index (χ1) is 8.34. The predicted octanol–water partition coefficient (Wildman–Crippen LogP) is 2.83. The average molecular weight is 271 g/mol. The topological polar surface area (TPSA) is 46.5 Å². The minimum Gasteiger partial charge on any atom is -0.393 e. The molecule has 0 spiro atoms. The van der Waals surface area contributed by atoms with Crippen LogP contribution >= 0.6 is 11.6 Å². The van der Waals surface area contributed by atoms with Crippen LogP contribution in [0.1, 0.15) is 26.3 Å². The minimum absolute atomic E-state index is 0.0982. The summed E-state index contributed by atoms with van der Waals surface area (Å²) in [5.74, 6) is -0.0982. The molecule has 4 heteroatoms. The van der Waals surface area contributed by atoms with Crippen LogP contribution in [0.4, 0.5) is 0 Å². The maximum atomic E-state index is 12.0. The van der Waals surface area contributed by atoms with Gasteiger partial charge in [-0.25, -0.2) is 0 Å². The van der Waals surface area contributed by atoms with Crippen molar-refractivity contribution in [1.29, 1.82) is 0 Å². The van der Waals surface area contributed by atoms with Gasteiger partial charge in [0.2, 0.25) is 0 Å². The van der Waals surface area contributed by atoms with Crippen LogP contribution in [0.15, 0.2) is 24.3 Å². The second-order valence-corrected chi connectivity index (χ2v) is 5.66. The van der Waals surface area contributed by atoms with Gasteiger partial charge < -0.3 is 9.84 Å². The number of ketones is 1. The fraction of sp³-hybridized carbons (Fsp3) is 0.500. The average Bonchev–Trinajstić information content (AvgIpc) is 2.31. The molecule has 1 aromatic rings. The number of aliphatic hydroxyl groups is 1. The van der Waals surface area contributed by atoms with E-state index in [0.29, 0.717) is 5.02 Å². The molecule has 0 amide bonds. The molecular weight excluding hydrogens is 252 g/mol. The van der Waals surface area contributed by atoms with E-state index in [-0.39, 0.29) is 19.0 Å². The van der Waals surface area contributed by atoms with Gasteiger partial charge in [0, 0.05) is 10.4 Å². The Labute approximate surface area is 113 Å². The van der Waals surface area contributed by atoms with Crippen molar-refractivity contribution >= 4 is 17.4 Å². The van der Waals surface area contributed by atoms with Crippen molar-refractivity contribution in [2.45, 2.75) is 33.5 Å². The van der Waals surface area contributed by atoms with Gasteiger partial charge in [0.25, 0.3) is 0 Å². The number of rotatable bonds is 5. The second kappa shape index (κ2) is 6.32. The van der Waals surface area contributed by atoms with Crippen molar-refractivity contribution in [2.75, 3.05) is 6.61 Å². The van der Waals surface area contributed by atoms with Crippen molar-refractivity contribution in [1.82, 2.24) is 0 Å². The first-order valence-corrected chi connectivity index (χ1v) is 6.23. The molecule has 0 fully saturated rings. The smallest absolute Gasteiger partial charge is 0.169 e. The summed E-state index contributed by atoms with van der Waals surface area (Å²) in [6.45, 7) is 5.41. The van der Waals surface area contributed by atoms with Gasteiger partial charge in [-0.3, -0.25) is 4.79 Å². The maximum absolute atomic E-state index is 12.0. The van der Waals surface area contributed by atoms with E-state index < -0.39 is 11.5 Å². The van der Waals surface area contributed by atoms with Crippen LogP contribution in [0.2, 0.25) is 5.02 Å². The lowest BCUT2D eigenvalue weighted by molar-refractivity contribution is -0.142. The van der Waals surface area contributed by atoms with Gasteiger partial charge in [-0.05, 0) is 17.7 Å². The fourth-order valence-corrected chi connectivity index (χ4v) is 1.60.